The van der Waals surface area contributed by atoms with Gasteiger partial charge in [-0.25, -0.2) is 18.2 Å². The molecule has 0 saturated carbocycles. The van der Waals surface area contributed by atoms with Crippen molar-refractivity contribution < 1.29 is 18.3 Å². The normalized spacial score (nSPS) is 11.3. The lowest BCUT2D eigenvalue weighted by Gasteiger charge is -2.07. The first-order valence-electron chi connectivity index (χ1n) is 5.28. The molecule has 2 aromatic rings. The number of hydrogen-bond acceptors (Lipinski definition) is 5. The van der Waals surface area contributed by atoms with Crippen LogP contribution < -0.4 is 4.72 Å². The van der Waals surface area contributed by atoms with E-state index >= 15 is 0 Å². The maximum Gasteiger partial charge on any atom is 0.337 e. The number of hydrogen-bond donors (Lipinski definition) is 2. The maximum atomic E-state index is 12.0. The van der Waals surface area contributed by atoms with E-state index in [0.29, 0.717) is 5.01 Å². The van der Waals surface area contributed by atoms with Crippen LogP contribution in [0.15, 0.2) is 28.6 Å². The highest BCUT2D eigenvalue weighted by Gasteiger charge is 2.18. The third-order valence-corrected chi connectivity index (χ3v) is 5.38. The van der Waals surface area contributed by atoms with Gasteiger partial charge in [-0.15, -0.1) is 11.3 Å². The monoisotopic (exact) mass is 332 g/mol. The summed E-state index contributed by atoms with van der Waals surface area (Å²) in [5.74, 6) is -1.18. The first kappa shape index (κ1) is 14.8. The van der Waals surface area contributed by atoms with E-state index in [2.05, 4.69) is 9.71 Å². The largest absolute Gasteiger partial charge is 0.478 e. The van der Waals surface area contributed by atoms with Crippen molar-refractivity contribution in [1.82, 2.24) is 4.98 Å². The Bertz CT molecular complexity index is 770. The highest BCUT2D eigenvalue weighted by Crippen LogP contribution is 2.25. The second-order valence-electron chi connectivity index (χ2n) is 3.80. The number of nitrogens with one attached hydrogen (secondary N) is 1. The third-order valence-electron chi connectivity index (χ3n) is 2.32. The zero-order valence-corrected chi connectivity index (χ0v) is 12.5. The van der Waals surface area contributed by atoms with E-state index in [1.54, 1.807) is 6.92 Å². The molecule has 20 heavy (non-hydrogen) atoms. The molecule has 9 heteroatoms. The van der Waals surface area contributed by atoms with Crippen LogP contribution >= 0.6 is 22.9 Å². The van der Waals surface area contributed by atoms with E-state index in [9.17, 15) is 13.2 Å². The lowest BCUT2D eigenvalue weighted by molar-refractivity contribution is 0.0697. The van der Waals surface area contributed by atoms with Crippen LogP contribution in [0.25, 0.3) is 0 Å². The molecule has 0 saturated heterocycles. The summed E-state index contributed by atoms with van der Waals surface area (Å²) < 4.78 is 26.5. The number of sulfonamides is 1. The summed E-state index contributed by atoms with van der Waals surface area (Å²) in [4.78, 5) is 14.7. The lowest BCUT2D eigenvalue weighted by Crippen LogP contribution is -2.11. The van der Waals surface area contributed by atoms with E-state index in [4.69, 9.17) is 16.7 Å². The minimum atomic E-state index is -3.74. The number of anilines is 1. The molecule has 1 aromatic carbocycles. The predicted octanol–water partition coefficient (Wildman–Crippen LogP) is 2.60. The molecule has 1 heterocycles. The number of carboxylic acid groups (broad SMARTS) is 1. The fourth-order valence-corrected chi connectivity index (χ4v) is 3.84. The van der Waals surface area contributed by atoms with Crippen LogP contribution in [0.4, 0.5) is 5.69 Å². The fourth-order valence-electron chi connectivity index (χ4n) is 1.42. The van der Waals surface area contributed by atoms with Gasteiger partial charge in [0.2, 0.25) is 0 Å². The Hall–Kier alpha value is -1.64. The second kappa shape index (κ2) is 5.39. The summed E-state index contributed by atoms with van der Waals surface area (Å²) in [6.07, 6.45) is 1.26. The zero-order valence-electron chi connectivity index (χ0n) is 10.1. The molecule has 0 amide bonds. The molecular formula is C11H9ClN2O4S2. The minimum absolute atomic E-state index is 0.0433. The number of aryl methyl sites for hydroxylation is 1. The van der Waals surface area contributed by atoms with Crippen LogP contribution in [-0.4, -0.2) is 24.5 Å². The molecule has 0 radical (unpaired) electrons. The highest BCUT2D eigenvalue weighted by molar-refractivity contribution is 7.94. The van der Waals surface area contributed by atoms with Gasteiger partial charge in [0, 0.05) is 0 Å². The summed E-state index contributed by atoms with van der Waals surface area (Å²) in [7, 11) is -3.74. The van der Waals surface area contributed by atoms with E-state index in [0.717, 1.165) is 11.3 Å². The number of halogens is 1. The Morgan fingerprint density at radius 3 is 2.65 bits per heavy atom. The van der Waals surface area contributed by atoms with Crippen molar-refractivity contribution in [1.29, 1.82) is 0 Å². The molecule has 2 rings (SSSR count). The molecule has 0 aliphatic carbocycles. The van der Waals surface area contributed by atoms with Gasteiger partial charge in [-0.3, -0.25) is 4.72 Å². The van der Waals surface area contributed by atoms with Crippen molar-refractivity contribution in [2.45, 2.75) is 11.1 Å². The molecule has 0 aliphatic heterocycles. The number of benzene rings is 1. The number of aromatic carboxylic acids is 1. The summed E-state index contributed by atoms with van der Waals surface area (Å²) in [5.41, 5.74) is 0.0919. The molecule has 1 aromatic heterocycles. The minimum Gasteiger partial charge on any atom is -0.478 e. The Kier molecular flexibility index (Phi) is 3.98. The molecule has 0 aliphatic rings. The molecular weight excluding hydrogens is 324 g/mol. The summed E-state index contributed by atoms with van der Waals surface area (Å²) in [5, 5.41) is 9.43. The van der Waals surface area contributed by atoms with Crippen LogP contribution in [0.5, 0.6) is 0 Å². The molecule has 106 valence electrons. The van der Waals surface area contributed by atoms with Gasteiger partial charge in [-0.2, -0.15) is 0 Å². The van der Waals surface area contributed by atoms with Crippen LogP contribution in [0.2, 0.25) is 5.02 Å². The Morgan fingerprint density at radius 1 is 1.45 bits per heavy atom. The first-order valence-corrected chi connectivity index (χ1v) is 7.95. The van der Waals surface area contributed by atoms with Crippen molar-refractivity contribution in [2.24, 2.45) is 0 Å². The van der Waals surface area contributed by atoms with Gasteiger partial charge in [-0.1, -0.05) is 11.6 Å². The van der Waals surface area contributed by atoms with Crippen LogP contribution in [0.3, 0.4) is 0 Å². The molecule has 0 fully saturated rings. The van der Waals surface area contributed by atoms with Crippen LogP contribution in [-0.2, 0) is 10.0 Å². The third kappa shape index (κ3) is 3.09. The fraction of sp³-hybridized carbons (Fsp3) is 0.0909. The smallest absolute Gasteiger partial charge is 0.337 e. The molecule has 0 spiro atoms. The van der Waals surface area contributed by atoms with Crippen molar-refractivity contribution >= 4 is 44.6 Å². The first-order chi connectivity index (χ1) is 9.29. The molecule has 2 N–H and O–H groups in total. The number of carboxylic acids is 1. The molecule has 6 nitrogen and oxygen atoms in total. The molecule has 0 atom stereocenters. The highest BCUT2D eigenvalue weighted by atomic mass is 35.5. The number of rotatable bonds is 4. The second-order valence-corrected chi connectivity index (χ2v) is 7.35. The summed E-state index contributed by atoms with van der Waals surface area (Å²) in [6, 6.07) is 3.82. The summed E-state index contributed by atoms with van der Waals surface area (Å²) >= 11 is 6.82. The van der Waals surface area contributed by atoms with Gasteiger partial charge in [0.1, 0.15) is 0 Å². The van der Waals surface area contributed by atoms with E-state index in [1.165, 1.54) is 24.4 Å². The molecule has 0 unspecified atom stereocenters. The van der Waals surface area contributed by atoms with Crippen molar-refractivity contribution in [2.75, 3.05) is 4.72 Å². The average molecular weight is 333 g/mol. The van der Waals surface area contributed by atoms with Gasteiger partial charge < -0.3 is 5.11 Å². The molecule has 0 bridgehead atoms. The SMILES string of the molecule is Cc1ncc(S(=O)(=O)Nc2ccc(C(=O)O)c(Cl)c2)s1. The van der Waals surface area contributed by atoms with Crippen LogP contribution in [0, 0.1) is 6.92 Å². The van der Waals surface area contributed by atoms with E-state index < -0.39 is 16.0 Å². The standard InChI is InChI=1S/C11H9ClN2O4S2/c1-6-13-5-10(19-6)20(17,18)14-7-2-3-8(11(15)16)9(12)4-7/h2-5,14H,1H3,(H,15,16). The topological polar surface area (TPSA) is 96.4 Å². The van der Waals surface area contributed by atoms with Gasteiger partial charge in [0.05, 0.1) is 27.5 Å². The lowest BCUT2D eigenvalue weighted by atomic mass is 10.2. The average Bonchev–Trinajstić information content (AvgIpc) is 2.75. The van der Waals surface area contributed by atoms with Gasteiger partial charge in [0.15, 0.2) is 4.21 Å². The van der Waals surface area contributed by atoms with Gasteiger partial charge in [0.25, 0.3) is 10.0 Å². The number of aromatic nitrogens is 1. The van der Waals surface area contributed by atoms with E-state index in [-0.39, 0.29) is 20.5 Å². The van der Waals surface area contributed by atoms with Crippen LogP contribution in [0.1, 0.15) is 15.4 Å². The quantitative estimate of drug-likeness (QED) is 0.897. The number of thiazole rings is 1. The van der Waals surface area contributed by atoms with E-state index in [1.807, 2.05) is 0 Å². The number of carbonyl (C=O) groups is 1. The zero-order chi connectivity index (χ0) is 14.9. The Morgan fingerprint density at radius 2 is 2.15 bits per heavy atom. The Balaban J connectivity index is 2.30. The van der Waals surface area contributed by atoms with Gasteiger partial charge >= 0.3 is 5.97 Å². The predicted molar refractivity (Wildman–Crippen MR) is 76.1 cm³/mol. The Labute approximate surface area is 124 Å². The summed E-state index contributed by atoms with van der Waals surface area (Å²) in [6.45, 7) is 1.70. The van der Waals surface area contributed by atoms with Crippen molar-refractivity contribution in [3.8, 4) is 0 Å². The maximum absolute atomic E-state index is 12.0. The van der Waals surface area contributed by atoms with Crippen molar-refractivity contribution in [3.05, 3.63) is 40.0 Å². The number of nitrogens with zero attached hydrogens (tertiary/aromatic N) is 1. The van der Waals surface area contributed by atoms with Crippen molar-refractivity contribution in [3.63, 3.8) is 0 Å². The van der Waals surface area contributed by atoms with Gasteiger partial charge in [-0.05, 0) is 25.1 Å².